The van der Waals surface area contributed by atoms with Gasteiger partial charge in [0.15, 0.2) is 0 Å². The Morgan fingerprint density at radius 1 is 1.45 bits per heavy atom. The van der Waals surface area contributed by atoms with E-state index in [1.165, 1.54) is 11.3 Å². The molecule has 0 spiro atoms. The van der Waals surface area contributed by atoms with E-state index in [1.807, 2.05) is 34.6 Å². The zero-order valence-corrected chi connectivity index (χ0v) is 13.7. The second-order valence-electron chi connectivity index (χ2n) is 6.07. The lowest BCUT2D eigenvalue weighted by molar-refractivity contribution is 0.0151. The average molecular weight is 299 g/mol. The maximum absolute atomic E-state index is 11.8. The van der Waals surface area contributed by atoms with E-state index in [0.29, 0.717) is 13.1 Å². The number of aliphatic hydroxyl groups excluding tert-OH is 1. The predicted molar refractivity (Wildman–Crippen MR) is 81.7 cm³/mol. The fourth-order valence-electron chi connectivity index (χ4n) is 2.03. The molecule has 2 amide bonds. The first-order valence-corrected chi connectivity index (χ1v) is 7.70. The van der Waals surface area contributed by atoms with Gasteiger partial charge in [0.25, 0.3) is 0 Å². The molecule has 0 fully saturated rings. The van der Waals surface area contributed by atoms with Gasteiger partial charge in [0, 0.05) is 16.8 Å². The highest BCUT2D eigenvalue weighted by Gasteiger charge is 2.30. The first-order chi connectivity index (χ1) is 9.24. The summed E-state index contributed by atoms with van der Waals surface area (Å²) in [6.07, 6.45) is -0.452. The van der Waals surface area contributed by atoms with E-state index in [2.05, 4.69) is 15.6 Å². The van der Waals surface area contributed by atoms with Gasteiger partial charge in [-0.15, -0.1) is 11.3 Å². The second-order valence-corrected chi connectivity index (χ2v) is 7.01. The molecule has 3 N–H and O–H groups in total. The smallest absolute Gasteiger partial charge is 0.315 e. The molecule has 1 rings (SSSR count). The van der Waals surface area contributed by atoms with E-state index < -0.39 is 6.10 Å². The summed E-state index contributed by atoms with van der Waals surface area (Å²) in [5.41, 5.74) is 2.36. The van der Waals surface area contributed by atoms with E-state index in [9.17, 15) is 9.90 Å². The molecule has 6 heteroatoms. The number of urea groups is 1. The first-order valence-electron chi connectivity index (χ1n) is 6.82. The lowest BCUT2D eigenvalue weighted by Gasteiger charge is -2.33. The van der Waals surface area contributed by atoms with Crippen LogP contribution in [0.4, 0.5) is 4.79 Å². The third kappa shape index (κ3) is 4.76. The van der Waals surface area contributed by atoms with Gasteiger partial charge in [0.2, 0.25) is 0 Å². The van der Waals surface area contributed by atoms with Gasteiger partial charge in [0.05, 0.1) is 23.9 Å². The van der Waals surface area contributed by atoms with Crippen LogP contribution in [-0.4, -0.2) is 28.8 Å². The molecule has 114 valence electrons. The summed E-state index contributed by atoms with van der Waals surface area (Å²) in [6.45, 7) is 10.7. The number of aromatic nitrogens is 1. The molecule has 0 bridgehead atoms. The Labute approximate surface area is 124 Å². The van der Waals surface area contributed by atoms with Crippen molar-refractivity contribution in [1.82, 2.24) is 15.6 Å². The Kier molecular flexibility index (Phi) is 5.95. The van der Waals surface area contributed by atoms with Crippen molar-refractivity contribution in [1.29, 1.82) is 0 Å². The number of nitrogens with zero attached hydrogens (tertiary/aromatic N) is 1. The van der Waals surface area contributed by atoms with E-state index >= 15 is 0 Å². The molecule has 0 saturated carbocycles. The summed E-state index contributed by atoms with van der Waals surface area (Å²) in [5.74, 6) is 0.162. The summed E-state index contributed by atoms with van der Waals surface area (Å²) in [7, 11) is 0. The minimum Gasteiger partial charge on any atom is -0.392 e. The molecule has 1 aromatic heterocycles. The molecule has 1 atom stereocenters. The van der Waals surface area contributed by atoms with Crippen LogP contribution in [0.1, 0.15) is 38.3 Å². The standard InChI is InChI=1S/C14H25N3O2S/c1-9(2)12(18)14(4,5)7-16-13(19)15-6-11-10(3)17-8-20-11/h8-9,12,18H,6-7H2,1-5H3,(H2,15,16,19). The van der Waals surface area contributed by atoms with Crippen LogP contribution in [0.2, 0.25) is 0 Å². The SMILES string of the molecule is Cc1ncsc1CNC(=O)NCC(C)(C)C(O)C(C)C. The van der Waals surface area contributed by atoms with Gasteiger partial charge in [0.1, 0.15) is 0 Å². The monoisotopic (exact) mass is 299 g/mol. The Hall–Kier alpha value is -1.14. The average Bonchev–Trinajstić information content (AvgIpc) is 2.78. The van der Waals surface area contributed by atoms with Crippen molar-refractivity contribution < 1.29 is 9.90 Å². The Morgan fingerprint density at radius 3 is 2.60 bits per heavy atom. The number of carbonyl (C=O) groups is 1. The van der Waals surface area contributed by atoms with Crippen molar-refractivity contribution in [3.63, 3.8) is 0 Å². The number of amides is 2. The van der Waals surface area contributed by atoms with Gasteiger partial charge >= 0.3 is 6.03 Å². The van der Waals surface area contributed by atoms with Gasteiger partial charge in [-0.05, 0) is 12.8 Å². The largest absolute Gasteiger partial charge is 0.392 e. The molecular weight excluding hydrogens is 274 g/mol. The molecule has 0 aliphatic rings. The normalized spacial score (nSPS) is 13.3. The summed E-state index contributed by atoms with van der Waals surface area (Å²) >= 11 is 1.53. The molecule has 0 aliphatic carbocycles. The summed E-state index contributed by atoms with van der Waals surface area (Å²) in [4.78, 5) is 17.0. The van der Waals surface area contributed by atoms with E-state index in [1.54, 1.807) is 5.51 Å². The predicted octanol–water partition coefficient (Wildman–Crippen LogP) is 2.29. The second kappa shape index (κ2) is 7.04. The highest BCUT2D eigenvalue weighted by atomic mass is 32.1. The summed E-state index contributed by atoms with van der Waals surface area (Å²) < 4.78 is 0. The topological polar surface area (TPSA) is 74.2 Å². The lowest BCUT2D eigenvalue weighted by Crippen LogP contribution is -2.46. The van der Waals surface area contributed by atoms with Crippen LogP contribution in [-0.2, 0) is 6.54 Å². The third-order valence-electron chi connectivity index (χ3n) is 3.39. The van der Waals surface area contributed by atoms with Crippen LogP contribution in [0.5, 0.6) is 0 Å². The Balaban J connectivity index is 2.38. The van der Waals surface area contributed by atoms with Gasteiger partial charge in [-0.2, -0.15) is 0 Å². The van der Waals surface area contributed by atoms with E-state index in [4.69, 9.17) is 0 Å². The highest BCUT2D eigenvalue weighted by molar-refractivity contribution is 7.09. The van der Waals surface area contributed by atoms with Crippen molar-refractivity contribution in [2.24, 2.45) is 11.3 Å². The van der Waals surface area contributed by atoms with Crippen molar-refractivity contribution in [3.8, 4) is 0 Å². The van der Waals surface area contributed by atoms with Crippen molar-refractivity contribution in [3.05, 3.63) is 16.1 Å². The number of aryl methyl sites for hydroxylation is 1. The van der Waals surface area contributed by atoms with Gasteiger partial charge in [-0.1, -0.05) is 27.7 Å². The minimum absolute atomic E-state index is 0.162. The van der Waals surface area contributed by atoms with Crippen molar-refractivity contribution in [2.45, 2.75) is 47.3 Å². The summed E-state index contributed by atoms with van der Waals surface area (Å²) in [6, 6.07) is -0.221. The van der Waals surface area contributed by atoms with Crippen molar-refractivity contribution >= 4 is 17.4 Å². The number of carbonyl (C=O) groups excluding carboxylic acids is 1. The molecule has 0 aromatic carbocycles. The molecule has 0 saturated heterocycles. The molecule has 1 unspecified atom stereocenters. The fraction of sp³-hybridized carbons (Fsp3) is 0.714. The molecular formula is C14H25N3O2S. The molecule has 0 aliphatic heterocycles. The number of hydrogen-bond acceptors (Lipinski definition) is 4. The van der Waals surface area contributed by atoms with Crippen LogP contribution < -0.4 is 10.6 Å². The zero-order valence-electron chi connectivity index (χ0n) is 12.9. The van der Waals surface area contributed by atoms with E-state index in [0.717, 1.165) is 10.6 Å². The van der Waals surface area contributed by atoms with E-state index in [-0.39, 0.29) is 17.4 Å². The van der Waals surface area contributed by atoms with Crippen LogP contribution >= 0.6 is 11.3 Å². The highest BCUT2D eigenvalue weighted by Crippen LogP contribution is 2.24. The molecule has 0 radical (unpaired) electrons. The quantitative estimate of drug-likeness (QED) is 0.754. The molecule has 1 aromatic rings. The van der Waals surface area contributed by atoms with Gasteiger partial charge in [-0.3, -0.25) is 0 Å². The number of aliphatic hydroxyl groups is 1. The molecule has 5 nitrogen and oxygen atoms in total. The number of rotatable bonds is 6. The Morgan fingerprint density at radius 2 is 2.10 bits per heavy atom. The number of nitrogens with one attached hydrogen (secondary N) is 2. The van der Waals surface area contributed by atoms with Crippen LogP contribution in [0.25, 0.3) is 0 Å². The lowest BCUT2D eigenvalue weighted by atomic mass is 9.81. The molecule has 20 heavy (non-hydrogen) atoms. The maximum Gasteiger partial charge on any atom is 0.315 e. The number of hydrogen-bond donors (Lipinski definition) is 3. The zero-order chi connectivity index (χ0) is 15.3. The van der Waals surface area contributed by atoms with Crippen LogP contribution in [0.15, 0.2) is 5.51 Å². The van der Waals surface area contributed by atoms with Crippen LogP contribution in [0.3, 0.4) is 0 Å². The minimum atomic E-state index is -0.452. The third-order valence-corrected chi connectivity index (χ3v) is 4.33. The van der Waals surface area contributed by atoms with Crippen LogP contribution in [0, 0.1) is 18.3 Å². The van der Waals surface area contributed by atoms with Gasteiger partial charge < -0.3 is 15.7 Å². The molecule has 1 heterocycles. The first kappa shape index (κ1) is 16.9. The van der Waals surface area contributed by atoms with Crippen molar-refractivity contribution in [2.75, 3.05) is 6.54 Å². The summed E-state index contributed by atoms with van der Waals surface area (Å²) in [5, 5.41) is 15.7. The fourth-order valence-corrected chi connectivity index (χ4v) is 2.75. The number of thiazole rings is 1. The van der Waals surface area contributed by atoms with Gasteiger partial charge in [-0.25, -0.2) is 9.78 Å². The maximum atomic E-state index is 11.8. The Bertz CT molecular complexity index is 443.